The molecule has 0 fully saturated rings. The highest BCUT2D eigenvalue weighted by atomic mass is 16.5. The number of amides is 1. The van der Waals surface area contributed by atoms with Gasteiger partial charge in [0.05, 0.1) is 6.10 Å². The summed E-state index contributed by atoms with van der Waals surface area (Å²) in [4.78, 5) is 11.0. The Balaban J connectivity index is 3.46. The molecule has 0 aromatic carbocycles. The van der Waals surface area contributed by atoms with Crippen molar-refractivity contribution >= 4 is 5.91 Å². The van der Waals surface area contributed by atoms with Gasteiger partial charge in [-0.2, -0.15) is 0 Å². The molecule has 0 aromatic heterocycles. The lowest BCUT2D eigenvalue weighted by Gasteiger charge is -2.14. The molecule has 0 spiro atoms. The second-order valence-corrected chi connectivity index (χ2v) is 3.25. The molecule has 1 atom stereocenters. The third-order valence-corrected chi connectivity index (χ3v) is 1.72. The van der Waals surface area contributed by atoms with E-state index in [1.54, 1.807) is 0 Å². The van der Waals surface area contributed by atoms with Crippen LogP contribution in [0.3, 0.4) is 0 Å². The minimum Gasteiger partial charge on any atom is -0.391 e. The molecular formula is C9H19NO3. The number of nitrogens with one attached hydrogen (secondary N) is 1. The van der Waals surface area contributed by atoms with E-state index in [1.807, 2.05) is 20.8 Å². The minimum atomic E-state index is -0.481. The van der Waals surface area contributed by atoms with Crippen molar-refractivity contribution in [3.63, 3.8) is 0 Å². The highest BCUT2D eigenvalue weighted by Crippen LogP contribution is 1.98. The number of hydrogen-bond acceptors (Lipinski definition) is 3. The lowest BCUT2D eigenvalue weighted by molar-refractivity contribution is -0.126. The summed E-state index contributed by atoms with van der Waals surface area (Å²) in [6.07, 6.45) is -0.481. The predicted molar refractivity (Wildman–Crippen MR) is 50.3 cm³/mol. The lowest BCUT2D eigenvalue weighted by atomic mass is 10.1. The van der Waals surface area contributed by atoms with E-state index in [0.29, 0.717) is 13.2 Å². The van der Waals surface area contributed by atoms with Crippen LogP contribution in [0.4, 0.5) is 0 Å². The van der Waals surface area contributed by atoms with Crippen LogP contribution in [0.1, 0.15) is 20.8 Å². The fraction of sp³-hybridized carbons (Fsp3) is 0.889. The molecule has 0 heterocycles. The van der Waals surface area contributed by atoms with Crippen molar-refractivity contribution in [1.29, 1.82) is 0 Å². The van der Waals surface area contributed by atoms with Crippen molar-refractivity contribution in [3.05, 3.63) is 0 Å². The zero-order valence-electron chi connectivity index (χ0n) is 8.54. The minimum absolute atomic E-state index is 0.0707. The Morgan fingerprint density at radius 1 is 1.54 bits per heavy atom. The SMILES string of the molecule is CCOCC(=O)NCC(O)C(C)C. The van der Waals surface area contributed by atoms with E-state index in [9.17, 15) is 9.90 Å². The van der Waals surface area contributed by atoms with Gasteiger partial charge in [-0.1, -0.05) is 13.8 Å². The van der Waals surface area contributed by atoms with Gasteiger partial charge in [0, 0.05) is 13.2 Å². The molecular weight excluding hydrogens is 170 g/mol. The number of aliphatic hydroxyl groups is 1. The third kappa shape index (κ3) is 6.54. The molecule has 4 nitrogen and oxygen atoms in total. The number of carbonyl (C=O) groups excluding carboxylic acids is 1. The van der Waals surface area contributed by atoms with Gasteiger partial charge in [0.1, 0.15) is 6.61 Å². The maximum atomic E-state index is 11.0. The average Bonchev–Trinajstić information content (AvgIpc) is 2.10. The van der Waals surface area contributed by atoms with Crippen LogP contribution in [0, 0.1) is 5.92 Å². The Kier molecular flexibility index (Phi) is 6.54. The fourth-order valence-corrected chi connectivity index (χ4v) is 0.700. The normalized spacial score (nSPS) is 13.0. The molecule has 0 saturated heterocycles. The number of hydrogen-bond donors (Lipinski definition) is 2. The van der Waals surface area contributed by atoms with Gasteiger partial charge in [0.25, 0.3) is 0 Å². The summed E-state index contributed by atoms with van der Waals surface area (Å²) in [6.45, 7) is 6.53. The monoisotopic (exact) mass is 189 g/mol. The van der Waals surface area contributed by atoms with Gasteiger partial charge in [0.2, 0.25) is 5.91 Å². The number of aliphatic hydroxyl groups excluding tert-OH is 1. The maximum Gasteiger partial charge on any atom is 0.246 e. The summed E-state index contributed by atoms with van der Waals surface area (Å²) in [5.41, 5.74) is 0. The molecule has 1 unspecified atom stereocenters. The van der Waals surface area contributed by atoms with Crippen LogP contribution in [0.2, 0.25) is 0 Å². The second kappa shape index (κ2) is 6.86. The van der Waals surface area contributed by atoms with E-state index < -0.39 is 6.10 Å². The van der Waals surface area contributed by atoms with Crippen LogP contribution in [0.25, 0.3) is 0 Å². The Hall–Kier alpha value is -0.610. The zero-order chi connectivity index (χ0) is 10.3. The number of ether oxygens (including phenoxy) is 1. The molecule has 78 valence electrons. The van der Waals surface area contributed by atoms with E-state index >= 15 is 0 Å². The quantitative estimate of drug-likeness (QED) is 0.625. The summed E-state index contributed by atoms with van der Waals surface area (Å²) >= 11 is 0. The molecule has 1 amide bonds. The highest BCUT2D eigenvalue weighted by Gasteiger charge is 2.10. The Morgan fingerprint density at radius 3 is 2.62 bits per heavy atom. The predicted octanol–water partition coefficient (Wildman–Crippen LogP) is 0.156. The summed E-state index contributed by atoms with van der Waals surface area (Å²) in [7, 11) is 0. The van der Waals surface area contributed by atoms with Gasteiger partial charge in [-0.3, -0.25) is 4.79 Å². The van der Waals surface area contributed by atoms with E-state index in [2.05, 4.69) is 5.32 Å². The first-order valence-electron chi connectivity index (χ1n) is 4.60. The van der Waals surface area contributed by atoms with Crippen molar-refractivity contribution in [3.8, 4) is 0 Å². The first-order chi connectivity index (χ1) is 6.07. The zero-order valence-corrected chi connectivity index (χ0v) is 8.54. The molecule has 2 N–H and O–H groups in total. The van der Waals surface area contributed by atoms with Crippen molar-refractivity contribution in [2.45, 2.75) is 26.9 Å². The molecule has 0 aliphatic carbocycles. The summed E-state index contributed by atoms with van der Waals surface area (Å²) < 4.78 is 4.89. The third-order valence-electron chi connectivity index (χ3n) is 1.72. The van der Waals surface area contributed by atoms with Gasteiger partial charge < -0.3 is 15.2 Å². The summed E-state index contributed by atoms with van der Waals surface area (Å²) in [5, 5.41) is 11.9. The van der Waals surface area contributed by atoms with Gasteiger partial charge in [-0.15, -0.1) is 0 Å². The van der Waals surface area contributed by atoms with E-state index in [-0.39, 0.29) is 18.4 Å². The van der Waals surface area contributed by atoms with E-state index in [0.717, 1.165) is 0 Å². The van der Waals surface area contributed by atoms with Crippen LogP contribution in [0.5, 0.6) is 0 Å². The van der Waals surface area contributed by atoms with Crippen LogP contribution in [0.15, 0.2) is 0 Å². The van der Waals surface area contributed by atoms with Crippen LogP contribution in [-0.2, 0) is 9.53 Å². The van der Waals surface area contributed by atoms with Gasteiger partial charge in [-0.25, -0.2) is 0 Å². The van der Waals surface area contributed by atoms with Crippen molar-refractivity contribution in [1.82, 2.24) is 5.32 Å². The first-order valence-corrected chi connectivity index (χ1v) is 4.60. The summed E-state index contributed by atoms with van der Waals surface area (Å²) in [6, 6.07) is 0. The van der Waals surface area contributed by atoms with Crippen LogP contribution < -0.4 is 5.32 Å². The molecule has 0 radical (unpaired) electrons. The van der Waals surface area contributed by atoms with Crippen molar-refractivity contribution in [2.75, 3.05) is 19.8 Å². The topological polar surface area (TPSA) is 58.6 Å². The Labute approximate surface area is 79.3 Å². The fourth-order valence-electron chi connectivity index (χ4n) is 0.700. The average molecular weight is 189 g/mol. The van der Waals surface area contributed by atoms with Crippen molar-refractivity contribution < 1.29 is 14.6 Å². The molecule has 13 heavy (non-hydrogen) atoms. The van der Waals surface area contributed by atoms with E-state index in [4.69, 9.17) is 4.74 Å². The van der Waals surface area contributed by atoms with Crippen LogP contribution >= 0.6 is 0 Å². The van der Waals surface area contributed by atoms with Crippen molar-refractivity contribution in [2.24, 2.45) is 5.92 Å². The molecule has 0 aromatic rings. The smallest absolute Gasteiger partial charge is 0.246 e. The molecule has 0 saturated carbocycles. The second-order valence-electron chi connectivity index (χ2n) is 3.25. The number of rotatable bonds is 6. The summed E-state index contributed by atoms with van der Waals surface area (Å²) in [5.74, 6) is -0.0195. The van der Waals surface area contributed by atoms with Gasteiger partial charge in [0.15, 0.2) is 0 Å². The lowest BCUT2D eigenvalue weighted by Crippen LogP contribution is -2.36. The highest BCUT2D eigenvalue weighted by molar-refractivity contribution is 5.77. The Morgan fingerprint density at radius 2 is 2.15 bits per heavy atom. The molecule has 0 aliphatic heterocycles. The largest absolute Gasteiger partial charge is 0.391 e. The maximum absolute atomic E-state index is 11.0. The van der Waals surface area contributed by atoms with Crippen LogP contribution in [-0.4, -0.2) is 36.9 Å². The molecule has 0 aliphatic rings. The molecule has 4 heteroatoms. The van der Waals surface area contributed by atoms with E-state index in [1.165, 1.54) is 0 Å². The number of carbonyl (C=O) groups is 1. The molecule has 0 bridgehead atoms. The van der Waals surface area contributed by atoms with Gasteiger partial charge >= 0.3 is 0 Å². The van der Waals surface area contributed by atoms with Gasteiger partial charge in [-0.05, 0) is 12.8 Å². The first kappa shape index (κ1) is 12.4. The standard InChI is InChI=1S/C9H19NO3/c1-4-13-6-9(12)10-5-8(11)7(2)3/h7-8,11H,4-6H2,1-3H3,(H,10,12). The Bertz CT molecular complexity index is 148. The molecule has 0 rings (SSSR count).